The van der Waals surface area contributed by atoms with Crippen molar-refractivity contribution in [3.8, 4) is 11.5 Å². The molecular formula is C25H27FN2O6. The van der Waals surface area contributed by atoms with Gasteiger partial charge in [-0.1, -0.05) is 12.1 Å². The molecule has 2 aromatic carbocycles. The molecule has 180 valence electrons. The van der Waals surface area contributed by atoms with Gasteiger partial charge >= 0.3 is 0 Å². The van der Waals surface area contributed by atoms with Crippen molar-refractivity contribution in [1.29, 1.82) is 0 Å². The van der Waals surface area contributed by atoms with Gasteiger partial charge in [-0.05, 0) is 35.9 Å². The van der Waals surface area contributed by atoms with Gasteiger partial charge in [0.1, 0.15) is 11.6 Å². The summed E-state index contributed by atoms with van der Waals surface area (Å²) in [5.41, 5.74) is 0.784. The average molecular weight is 470 g/mol. The first kappa shape index (κ1) is 23.7. The monoisotopic (exact) mass is 470 g/mol. The maximum absolute atomic E-state index is 13.6. The number of aliphatic hydroxyl groups is 1. The Morgan fingerprint density at radius 3 is 2.35 bits per heavy atom. The second-order valence-electron chi connectivity index (χ2n) is 8.07. The van der Waals surface area contributed by atoms with Crippen LogP contribution in [0.2, 0.25) is 0 Å². The van der Waals surface area contributed by atoms with Crippen LogP contribution in [0.5, 0.6) is 11.5 Å². The molecule has 0 aliphatic carbocycles. The number of halogens is 1. The first-order valence-electron chi connectivity index (χ1n) is 11.0. The average Bonchev–Trinajstić information content (AvgIpc) is 3.12. The number of morpholine rings is 1. The van der Waals surface area contributed by atoms with Crippen LogP contribution in [0.25, 0.3) is 5.76 Å². The molecule has 1 amide bonds. The van der Waals surface area contributed by atoms with E-state index in [0.29, 0.717) is 42.4 Å². The molecule has 0 aromatic heterocycles. The minimum absolute atomic E-state index is 0.0502. The van der Waals surface area contributed by atoms with E-state index in [1.54, 1.807) is 12.1 Å². The summed E-state index contributed by atoms with van der Waals surface area (Å²) < 4.78 is 29.6. The Bertz CT molecular complexity index is 1100. The fourth-order valence-electron chi connectivity index (χ4n) is 4.32. The highest BCUT2D eigenvalue weighted by Gasteiger charge is 2.46. The minimum Gasteiger partial charge on any atom is -0.507 e. The lowest BCUT2D eigenvalue weighted by Gasteiger charge is -2.31. The van der Waals surface area contributed by atoms with Crippen LogP contribution in [0, 0.1) is 5.82 Å². The maximum Gasteiger partial charge on any atom is 0.295 e. The van der Waals surface area contributed by atoms with E-state index < -0.39 is 23.5 Å². The van der Waals surface area contributed by atoms with E-state index in [4.69, 9.17) is 14.2 Å². The molecule has 2 aliphatic rings. The zero-order valence-corrected chi connectivity index (χ0v) is 19.1. The van der Waals surface area contributed by atoms with E-state index in [2.05, 4.69) is 4.90 Å². The zero-order valence-electron chi connectivity index (χ0n) is 19.1. The maximum atomic E-state index is 13.6. The number of carbonyl (C=O) groups excluding carboxylic acids is 2. The number of rotatable bonds is 7. The predicted molar refractivity (Wildman–Crippen MR) is 122 cm³/mol. The van der Waals surface area contributed by atoms with Gasteiger partial charge in [-0.15, -0.1) is 0 Å². The molecule has 4 rings (SSSR count). The number of nitrogens with zero attached hydrogens (tertiary/aromatic N) is 2. The van der Waals surface area contributed by atoms with Crippen molar-refractivity contribution in [2.75, 3.05) is 53.6 Å². The summed E-state index contributed by atoms with van der Waals surface area (Å²) in [6.07, 6.45) is 0. The lowest BCUT2D eigenvalue weighted by atomic mass is 9.95. The highest BCUT2D eigenvalue weighted by Crippen LogP contribution is 2.40. The Hall–Kier alpha value is -3.43. The van der Waals surface area contributed by atoms with E-state index in [1.165, 1.54) is 49.5 Å². The van der Waals surface area contributed by atoms with E-state index in [-0.39, 0.29) is 17.9 Å². The standard InChI is InChI=1S/C25H27FN2O6/c1-32-19-8-5-17(15-20(19)33-2)23(29)21-22(16-3-6-18(26)7-4-16)28(25(31)24(21)30)10-9-27-11-13-34-14-12-27/h3-8,15,22,29H,9-14H2,1-2H3/b23-21+/t22-/m0/s1. The quantitative estimate of drug-likeness (QED) is 0.378. The number of methoxy groups -OCH3 is 2. The van der Waals surface area contributed by atoms with E-state index in [0.717, 1.165) is 13.1 Å². The van der Waals surface area contributed by atoms with E-state index in [9.17, 15) is 19.1 Å². The molecule has 34 heavy (non-hydrogen) atoms. The number of aliphatic hydroxyl groups excluding tert-OH is 1. The molecule has 2 fully saturated rings. The molecule has 0 saturated carbocycles. The van der Waals surface area contributed by atoms with Gasteiger partial charge in [-0.25, -0.2) is 4.39 Å². The Kier molecular flexibility index (Phi) is 7.14. The van der Waals surface area contributed by atoms with E-state index in [1.807, 2.05) is 0 Å². The molecule has 2 aromatic rings. The SMILES string of the molecule is COc1ccc(/C(O)=C2\C(=O)C(=O)N(CCN3CCOCC3)[C@H]2c2ccc(F)cc2)cc1OC. The summed E-state index contributed by atoms with van der Waals surface area (Å²) in [5, 5.41) is 11.2. The Morgan fingerprint density at radius 2 is 1.71 bits per heavy atom. The molecule has 0 radical (unpaired) electrons. The molecule has 1 N–H and O–H groups in total. The Balaban J connectivity index is 1.75. The van der Waals surface area contributed by atoms with Crippen molar-refractivity contribution in [2.24, 2.45) is 0 Å². The van der Waals surface area contributed by atoms with Crippen LogP contribution in [0.4, 0.5) is 4.39 Å². The molecule has 0 spiro atoms. The first-order chi connectivity index (χ1) is 16.4. The highest BCUT2D eigenvalue weighted by molar-refractivity contribution is 6.46. The second-order valence-corrected chi connectivity index (χ2v) is 8.07. The van der Waals surface area contributed by atoms with Crippen LogP contribution in [-0.4, -0.2) is 80.2 Å². The number of hydrogen-bond donors (Lipinski definition) is 1. The third-order valence-electron chi connectivity index (χ3n) is 6.14. The summed E-state index contributed by atoms with van der Waals surface area (Å²) in [5.74, 6) is -1.43. The summed E-state index contributed by atoms with van der Waals surface area (Å²) in [6.45, 7) is 3.51. The van der Waals surface area contributed by atoms with Gasteiger partial charge in [0.05, 0.1) is 39.0 Å². The van der Waals surface area contributed by atoms with Crippen LogP contribution in [-0.2, 0) is 14.3 Å². The lowest BCUT2D eigenvalue weighted by molar-refractivity contribution is -0.140. The van der Waals surface area contributed by atoms with Crippen LogP contribution in [0.3, 0.4) is 0 Å². The minimum atomic E-state index is -0.852. The van der Waals surface area contributed by atoms with E-state index >= 15 is 0 Å². The van der Waals surface area contributed by atoms with Gasteiger partial charge in [0.25, 0.3) is 11.7 Å². The zero-order chi connectivity index (χ0) is 24.2. The first-order valence-corrected chi connectivity index (χ1v) is 11.0. The number of hydrogen-bond acceptors (Lipinski definition) is 7. The molecule has 8 nitrogen and oxygen atoms in total. The van der Waals surface area contributed by atoms with Gasteiger partial charge in [0.15, 0.2) is 11.5 Å². The van der Waals surface area contributed by atoms with Crippen LogP contribution < -0.4 is 9.47 Å². The van der Waals surface area contributed by atoms with Crippen molar-refractivity contribution in [1.82, 2.24) is 9.80 Å². The number of likely N-dealkylation sites (tertiary alicyclic amines) is 1. The summed E-state index contributed by atoms with van der Waals surface area (Å²) >= 11 is 0. The number of ketones is 1. The van der Waals surface area contributed by atoms with Gasteiger partial charge < -0.3 is 24.2 Å². The Labute approximate surface area is 197 Å². The predicted octanol–water partition coefficient (Wildman–Crippen LogP) is 2.60. The van der Waals surface area contributed by atoms with Gasteiger partial charge in [-0.2, -0.15) is 0 Å². The molecule has 9 heteroatoms. The molecule has 0 unspecified atom stereocenters. The number of Topliss-reactive ketones (excluding diaryl/α,β-unsaturated/α-hetero) is 1. The second kappa shape index (κ2) is 10.2. The smallest absolute Gasteiger partial charge is 0.295 e. The molecule has 2 heterocycles. The Morgan fingerprint density at radius 1 is 1.03 bits per heavy atom. The number of amides is 1. The molecule has 2 saturated heterocycles. The molecule has 1 atom stereocenters. The van der Waals surface area contributed by atoms with Crippen molar-refractivity contribution in [2.45, 2.75) is 6.04 Å². The summed E-state index contributed by atoms with van der Waals surface area (Å²) in [7, 11) is 2.96. The molecular weight excluding hydrogens is 443 g/mol. The normalized spacial score (nSPS) is 20.6. The molecule has 0 bridgehead atoms. The van der Waals surface area contributed by atoms with Crippen molar-refractivity contribution in [3.05, 3.63) is 65.0 Å². The fourth-order valence-corrected chi connectivity index (χ4v) is 4.32. The third kappa shape index (κ3) is 4.62. The lowest BCUT2D eigenvalue weighted by Crippen LogP contribution is -2.42. The number of carbonyl (C=O) groups is 2. The van der Waals surface area contributed by atoms with Crippen molar-refractivity contribution >= 4 is 17.4 Å². The van der Waals surface area contributed by atoms with Crippen molar-refractivity contribution < 1.29 is 33.3 Å². The van der Waals surface area contributed by atoms with Gasteiger partial charge in [-0.3, -0.25) is 14.5 Å². The largest absolute Gasteiger partial charge is 0.507 e. The van der Waals surface area contributed by atoms with Gasteiger partial charge in [0.2, 0.25) is 0 Å². The third-order valence-corrected chi connectivity index (χ3v) is 6.14. The van der Waals surface area contributed by atoms with Crippen LogP contribution in [0.15, 0.2) is 48.0 Å². The number of ether oxygens (including phenoxy) is 3. The van der Waals surface area contributed by atoms with Crippen molar-refractivity contribution in [3.63, 3.8) is 0 Å². The van der Waals surface area contributed by atoms with Gasteiger partial charge in [0, 0.05) is 31.7 Å². The number of benzene rings is 2. The molecule has 2 aliphatic heterocycles. The highest BCUT2D eigenvalue weighted by atomic mass is 19.1. The van der Waals surface area contributed by atoms with Crippen LogP contribution >= 0.6 is 0 Å². The summed E-state index contributed by atoms with van der Waals surface area (Å²) in [6, 6.07) is 9.47. The fraction of sp³-hybridized carbons (Fsp3) is 0.360. The van der Waals surface area contributed by atoms with Crippen LogP contribution in [0.1, 0.15) is 17.2 Å². The summed E-state index contributed by atoms with van der Waals surface area (Å²) in [4.78, 5) is 29.8. The topological polar surface area (TPSA) is 88.5 Å².